The van der Waals surface area contributed by atoms with Gasteiger partial charge in [-0.15, -0.1) is 0 Å². The monoisotopic (exact) mass is 251 g/mol. The number of anilines is 1. The molecule has 1 aliphatic rings. The lowest BCUT2D eigenvalue weighted by Crippen LogP contribution is -2.45. The number of rotatable bonds is 4. The van der Waals surface area contributed by atoms with Crippen molar-refractivity contribution in [3.63, 3.8) is 0 Å². The van der Waals surface area contributed by atoms with Crippen molar-refractivity contribution < 1.29 is 9.66 Å². The van der Waals surface area contributed by atoms with Crippen molar-refractivity contribution in [3.8, 4) is 0 Å². The summed E-state index contributed by atoms with van der Waals surface area (Å²) < 4.78 is 5.34. The highest BCUT2D eigenvalue weighted by molar-refractivity contribution is 5.54. The highest BCUT2D eigenvalue weighted by Crippen LogP contribution is 2.22. The van der Waals surface area contributed by atoms with Crippen LogP contribution in [0.15, 0.2) is 18.2 Å². The van der Waals surface area contributed by atoms with Gasteiger partial charge in [-0.2, -0.15) is 0 Å². The van der Waals surface area contributed by atoms with Crippen molar-refractivity contribution in [3.05, 3.63) is 33.9 Å². The van der Waals surface area contributed by atoms with Gasteiger partial charge in [-0.1, -0.05) is 6.07 Å². The molecule has 1 heterocycles. The minimum absolute atomic E-state index is 0.146. The molecule has 1 saturated heterocycles. The number of nitro groups is 1. The van der Waals surface area contributed by atoms with Crippen LogP contribution in [0.3, 0.4) is 0 Å². The number of hydrogen-bond acceptors (Lipinski definition) is 5. The number of ether oxygens (including phenoxy) is 1. The predicted octanol–water partition coefficient (Wildman–Crippen LogP) is 1.30. The molecule has 0 radical (unpaired) electrons. The van der Waals surface area contributed by atoms with E-state index in [9.17, 15) is 10.1 Å². The van der Waals surface area contributed by atoms with Crippen molar-refractivity contribution in [2.75, 3.05) is 31.6 Å². The van der Waals surface area contributed by atoms with Gasteiger partial charge in [0.2, 0.25) is 0 Å². The zero-order valence-corrected chi connectivity index (χ0v) is 10.3. The molecule has 1 unspecified atom stereocenters. The summed E-state index contributed by atoms with van der Waals surface area (Å²) in [4.78, 5) is 10.5. The van der Waals surface area contributed by atoms with Crippen molar-refractivity contribution >= 4 is 11.4 Å². The summed E-state index contributed by atoms with van der Waals surface area (Å²) in [6.07, 6.45) is 0. The Balaban J connectivity index is 1.96. The molecule has 0 saturated carbocycles. The van der Waals surface area contributed by atoms with E-state index in [4.69, 9.17) is 4.74 Å². The van der Waals surface area contributed by atoms with Gasteiger partial charge in [-0.05, 0) is 13.0 Å². The average molecular weight is 251 g/mol. The second-order valence-corrected chi connectivity index (χ2v) is 4.37. The highest BCUT2D eigenvalue weighted by Gasteiger charge is 2.14. The Bertz CT molecular complexity index is 431. The van der Waals surface area contributed by atoms with Gasteiger partial charge in [0.05, 0.1) is 18.1 Å². The van der Waals surface area contributed by atoms with E-state index in [1.165, 1.54) is 0 Å². The Morgan fingerprint density at radius 1 is 1.61 bits per heavy atom. The molecule has 0 bridgehead atoms. The molecule has 1 aromatic rings. The second kappa shape index (κ2) is 5.79. The first-order valence-electron chi connectivity index (χ1n) is 5.97. The molecule has 98 valence electrons. The van der Waals surface area contributed by atoms with Crippen LogP contribution < -0.4 is 10.6 Å². The lowest BCUT2D eigenvalue weighted by atomic mass is 10.2. The van der Waals surface area contributed by atoms with Crippen LogP contribution in [0.2, 0.25) is 0 Å². The standard InChI is InChI=1S/C12H17N3O3/c1-9-2-3-10(6-12(9)15(16)17)14-7-11-8-18-5-4-13-11/h2-3,6,11,13-14H,4-5,7-8H2,1H3. The molecule has 6 nitrogen and oxygen atoms in total. The molecule has 18 heavy (non-hydrogen) atoms. The zero-order valence-electron chi connectivity index (χ0n) is 10.3. The quantitative estimate of drug-likeness (QED) is 0.623. The summed E-state index contributed by atoms with van der Waals surface area (Å²) in [5.41, 5.74) is 1.58. The fraction of sp³-hybridized carbons (Fsp3) is 0.500. The maximum Gasteiger partial charge on any atom is 0.274 e. The Morgan fingerprint density at radius 3 is 3.11 bits per heavy atom. The summed E-state index contributed by atoms with van der Waals surface area (Å²) in [5.74, 6) is 0. The molecule has 0 amide bonds. The topological polar surface area (TPSA) is 76.4 Å². The van der Waals surface area contributed by atoms with Gasteiger partial charge in [0.15, 0.2) is 0 Å². The van der Waals surface area contributed by atoms with Crippen LogP contribution in [0, 0.1) is 17.0 Å². The average Bonchev–Trinajstić information content (AvgIpc) is 2.38. The first-order valence-corrected chi connectivity index (χ1v) is 5.97. The van der Waals surface area contributed by atoms with E-state index in [0.717, 1.165) is 18.8 Å². The number of benzene rings is 1. The van der Waals surface area contributed by atoms with Gasteiger partial charge >= 0.3 is 0 Å². The van der Waals surface area contributed by atoms with E-state index in [2.05, 4.69) is 10.6 Å². The van der Waals surface area contributed by atoms with Gasteiger partial charge in [-0.25, -0.2) is 0 Å². The second-order valence-electron chi connectivity index (χ2n) is 4.37. The first kappa shape index (κ1) is 12.8. The van der Waals surface area contributed by atoms with Crippen LogP contribution in [0.5, 0.6) is 0 Å². The maximum absolute atomic E-state index is 10.8. The first-order chi connectivity index (χ1) is 8.66. The van der Waals surface area contributed by atoms with E-state index >= 15 is 0 Å². The van der Waals surface area contributed by atoms with Crippen molar-refractivity contribution in [1.82, 2.24) is 5.32 Å². The molecule has 1 fully saturated rings. The van der Waals surface area contributed by atoms with Crippen molar-refractivity contribution in [2.45, 2.75) is 13.0 Å². The van der Waals surface area contributed by atoms with Gasteiger partial charge in [0.1, 0.15) is 0 Å². The van der Waals surface area contributed by atoms with E-state index in [0.29, 0.717) is 18.7 Å². The van der Waals surface area contributed by atoms with Crippen LogP contribution >= 0.6 is 0 Å². The molecule has 2 rings (SSSR count). The number of hydrogen-bond donors (Lipinski definition) is 2. The molecule has 1 aromatic carbocycles. The SMILES string of the molecule is Cc1ccc(NCC2COCCN2)cc1[N+](=O)[O-]. The molecular formula is C12H17N3O3. The predicted molar refractivity (Wildman–Crippen MR) is 68.9 cm³/mol. The van der Waals surface area contributed by atoms with Gasteiger partial charge in [0.25, 0.3) is 5.69 Å². The molecule has 2 N–H and O–H groups in total. The number of nitrogens with zero attached hydrogens (tertiary/aromatic N) is 1. The van der Waals surface area contributed by atoms with E-state index < -0.39 is 0 Å². The number of nitro benzene ring substituents is 1. The number of nitrogens with one attached hydrogen (secondary N) is 2. The Morgan fingerprint density at radius 2 is 2.44 bits per heavy atom. The van der Waals surface area contributed by atoms with Crippen LogP contribution in [0.25, 0.3) is 0 Å². The van der Waals surface area contributed by atoms with Crippen molar-refractivity contribution in [2.24, 2.45) is 0 Å². The largest absolute Gasteiger partial charge is 0.383 e. The fourth-order valence-corrected chi connectivity index (χ4v) is 1.91. The Labute approximate surface area is 105 Å². The highest BCUT2D eigenvalue weighted by atomic mass is 16.6. The zero-order chi connectivity index (χ0) is 13.0. The van der Waals surface area contributed by atoms with Crippen molar-refractivity contribution in [1.29, 1.82) is 0 Å². The van der Waals surface area contributed by atoms with Crippen LogP contribution in [0.4, 0.5) is 11.4 Å². The fourth-order valence-electron chi connectivity index (χ4n) is 1.91. The number of morpholine rings is 1. The molecule has 1 atom stereocenters. The summed E-state index contributed by atoms with van der Waals surface area (Å²) in [6, 6.07) is 5.43. The Kier molecular flexibility index (Phi) is 4.11. The van der Waals surface area contributed by atoms with Crippen LogP contribution in [0.1, 0.15) is 5.56 Å². The molecule has 1 aliphatic heterocycles. The lowest BCUT2D eigenvalue weighted by Gasteiger charge is -2.24. The van der Waals surface area contributed by atoms with Gasteiger partial charge in [0, 0.05) is 36.4 Å². The third-order valence-electron chi connectivity index (χ3n) is 2.96. The minimum Gasteiger partial charge on any atom is -0.383 e. The molecule has 0 aromatic heterocycles. The lowest BCUT2D eigenvalue weighted by molar-refractivity contribution is -0.385. The van der Waals surface area contributed by atoms with Gasteiger partial charge < -0.3 is 15.4 Å². The van der Waals surface area contributed by atoms with Crippen LogP contribution in [-0.2, 0) is 4.74 Å². The molecule has 0 aliphatic carbocycles. The summed E-state index contributed by atoms with van der Waals surface area (Å²) in [6.45, 7) is 4.69. The minimum atomic E-state index is -0.359. The summed E-state index contributed by atoms with van der Waals surface area (Å²) in [7, 11) is 0. The van der Waals surface area contributed by atoms with E-state index in [-0.39, 0.29) is 16.7 Å². The molecular weight excluding hydrogens is 234 g/mol. The molecule has 6 heteroatoms. The van der Waals surface area contributed by atoms with E-state index in [1.54, 1.807) is 19.1 Å². The molecule has 0 spiro atoms. The van der Waals surface area contributed by atoms with Crippen LogP contribution in [-0.4, -0.2) is 37.3 Å². The summed E-state index contributed by atoms with van der Waals surface area (Å²) >= 11 is 0. The summed E-state index contributed by atoms with van der Waals surface area (Å²) in [5, 5.41) is 17.3. The normalized spacial score (nSPS) is 19.5. The third-order valence-corrected chi connectivity index (χ3v) is 2.96. The third kappa shape index (κ3) is 3.18. The van der Waals surface area contributed by atoms with Gasteiger partial charge in [-0.3, -0.25) is 10.1 Å². The number of aryl methyl sites for hydroxylation is 1. The van der Waals surface area contributed by atoms with E-state index in [1.807, 2.05) is 6.07 Å². The maximum atomic E-state index is 10.8. The Hall–Kier alpha value is -1.66. The smallest absolute Gasteiger partial charge is 0.274 e.